The fourth-order valence-electron chi connectivity index (χ4n) is 2.25. The van der Waals surface area contributed by atoms with E-state index in [1.54, 1.807) is 30.5 Å². The summed E-state index contributed by atoms with van der Waals surface area (Å²) < 4.78 is 4.95. The maximum atomic E-state index is 12.0. The molecule has 2 N–H and O–H groups in total. The molecule has 10 heteroatoms. The van der Waals surface area contributed by atoms with Gasteiger partial charge in [0.05, 0.1) is 11.4 Å². The molecular weight excluding hydrogens is 434 g/mol. The molecule has 0 bridgehead atoms. The Hall–Kier alpha value is -2.75. The number of esters is 1. The van der Waals surface area contributed by atoms with Gasteiger partial charge in [-0.25, -0.2) is 9.78 Å². The van der Waals surface area contributed by atoms with Gasteiger partial charge in [-0.05, 0) is 36.1 Å². The number of anilines is 1. The first-order chi connectivity index (χ1) is 13.9. The van der Waals surface area contributed by atoms with Crippen molar-refractivity contribution in [1.29, 1.82) is 0 Å². The van der Waals surface area contributed by atoms with Crippen LogP contribution < -0.4 is 10.6 Å². The van der Waals surface area contributed by atoms with Crippen molar-refractivity contribution in [3.8, 4) is 9.88 Å². The Morgan fingerprint density at radius 1 is 1.14 bits per heavy atom. The summed E-state index contributed by atoms with van der Waals surface area (Å²) in [5.41, 5.74) is 1.43. The van der Waals surface area contributed by atoms with Crippen LogP contribution in [-0.4, -0.2) is 35.9 Å². The second kappa shape index (κ2) is 9.64. The number of ether oxygens (including phenoxy) is 1. The van der Waals surface area contributed by atoms with Gasteiger partial charge in [-0.15, -0.1) is 22.7 Å². The molecular formula is C19H16ClN3O4S2. The molecule has 0 aliphatic rings. The first kappa shape index (κ1) is 21.0. The molecule has 1 aromatic carbocycles. The number of aromatic nitrogens is 1. The zero-order valence-electron chi connectivity index (χ0n) is 15.2. The topological polar surface area (TPSA) is 97.4 Å². The number of carbonyl (C=O) groups is 3. The van der Waals surface area contributed by atoms with Crippen LogP contribution in [0.15, 0.2) is 41.1 Å². The fraction of sp³-hybridized carbons (Fsp3) is 0.158. The zero-order valence-corrected chi connectivity index (χ0v) is 17.6. The molecule has 150 valence electrons. The van der Waals surface area contributed by atoms with Gasteiger partial charge in [0.2, 0.25) is 5.91 Å². The van der Waals surface area contributed by atoms with Gasteiger partial charge < -0.3 is 15.4 Å². The monoisotopic (exact) mass is 449 g/mol. The number of nitrogens with zero attached hydrogens (tertiary/aromatic N) is 1. The molecule has 0 atom stereocenters. The summed E-state index contributed by atoms with van der Waals surface area (Å²) in [6, 6.07) is 8.94. The molecule has 0 unspecified atom stereocenters. The van der Waals surface area contributed by atoms with Crippen LogP contribution in [0.5, 0.6) is 0 Å². The Labute approximate surface area is 179 Å². The zero-order chi connectivity index (χ0) is 20.8. The molecule has 0 saturated carbocycles. The second-order valence-electron chi connectivity index (χ2n) is 5.83. The van der Waals surface area contributed by atoms with E-state index in [0.717, 1.165) is 10.4 Å². The molecule has 2 aromatic heterocycles. The van der Waals surface area contributed by atoms with Gasteiger partial charge in [-0.3, -0.25) is 9.59 Å². The summed E-state index contributed by atoms with van der Waals surface area (Å²) in [4.78, 5) is 41.0. The number of halogens is 1. The number of rotatable bonds is 7. The van der Waals surface area contributed by atoms with Crippen LogP contribution in [-0.2, 0) is 14.3 Å². The van der Waals surface area contributed by atoms with Crippen molar-refractivity contribution in [1.82, 2.24) is 10.3 Å². The molecule has 2 heterocycles. The smallest absolute Gasteiger partial charge is 0.358 e. The minimum atomic E-state index is -0.696. The number of nitrogens with one attached hydrogen (secondary N) is 2. The molecule has 3 rings (SSSR count). The quantitative estimate of drug-likeness (QED) is 0.535. The van der Waals surface area contributed by atoms with Crippen LogP contribution in [0.4, 0.5) is 5.69 Å². The third-order valence-corrected chi connectivity index (χ3v) is 6.06. The maximum Gasteiger partial charge on any atom is 0.358 e. The molecule has 2 amide bonds. The number of hydrogen-bond donors (Lipinski definition) is 2. The molecule has 3 aromatic rings. The normalized spacial score (nSPS) is 10.4. The highest BCUT2D eigenvalue weighted by atomic mass is 35.5. The summed E-state index contributed by atoms with van der Waals surface area (Å²) in [7, 11) is 0. The van der Waals surface area contributed by atoms with Gasteiger partial charge in [-0.1, -0.05) is 23.7 Å². The molecule has 29 heavy (non-hydrogen) atoms. The van der Waals surface area contributed by atoms with Crippen LogP contribution in [0, 0.1) is 6.92 Å². The second-order valence-corrected chi connectivity index (χ2v) is 8.04. The predicted molar refractivity (Wildman–Crippen MR) is 114 cm³/mol. The highest BCUT2D eigenvalue weighted by molar-refractivity contribution is 7.20. The van der Waals surface area contributed by atoms with Gasteiger partial charge >= 0.3 is 5.97 Å². The lowest BCUT2D eigenvalue weighted by Crippen LogP contribution is -2.35. The van der Waals surface area contributed by atoms with Crippen molar-refractivity contribution in [3.63, 3.8) is 0 Å². The van der Waals surface area contributed by atoms with E-state index < -0.39 is 24.4 Å². The largest absolute Gasteiger partial charge is 0.451 e. The first-order valence-electron chi connectivity index (χ1n) is 8.42. The predicted octanol–water partition coefficient (Wildman–Crippen LogP) is 3.75. The van der Waals surface area contributed by atoms with Crippen molar-refractivity contribution in [3.05, 3.63) is 57.4 Å². The Kier molecular flexibility index (Phi) is 6.97. The summed E-state index contributed by atoms with van der Waals surface area (Å²) in [6.45, 7) is 1.01. The van der Waals surface area contributed by atoms with E-state index in [4.69, 9.17) is 16.3 Å². The van der Waals surface area contributed by atoms with Gasteiger partial charge in [0.1, 0.15) is 5.01 Å². The fourth-order valence-corrected chi connectivity index (χ4v) is 4.03. The van der Waals surface area contributed by atoms with Gasteiger partial charge in [-0.2, -0.15) is 0 Å². The Bertz CT molecular complexity index is 1030. The standard InChI is InChI=1S/C19H16ClN3O4S2/c1-11-12(20)4-2-5-13(11)22-16(24)8-21-17(25)9-27-19(26)14-10-29-18(23-14)15-6-3-7-28-15/h2-7,10H,8-9H2,1H3,(H,21,25)(H,22,24). The van der Waals surface area contributed by atoms with E-state index in [-0.39, 0.29) is 12.2 Å². The third kappa shape index (κ3) is 5.63. The average molecular weight is 450 g/mol. The van der Waals surface area contributed by atoms with E-state index in [2.05, 4.69) is 15.6 Å². The number of hydrogen-bond acceptors (Lipinski definition) is 7. The average Bonchev–Trinajstić information content (AvgIpc) is 3.39. The van der Waals surface area contributed by atoms with E-state index in [1.165, 1.54) is 22.7 Å². The van der Waals surface area contributed by atoms with Crippen LogP contribution in [0.1, 0.15) is 16.1 Å². The minimum Gasteiger partial charge on any atom is -0.451 e. The number of carbonyl (C=O) groups excluding carboxylic acids is 3. The van der Waals surface area contributed by atoms with Gasteiger partial charge in [0.25, 0.3) is 5.91 Å². The molecule has 0 saturated heterocycles. The van der Waals surface area contributed by atoms with E-state index in [0.29, 0.717) is 15.7 Å². The van der Waals surface area contributed by atoms with Crippen LogP contribution in [0.2, 0.25) is 5.02 Å². The SMILES string of the molecule is Cc1c(Cl)cccc1NC(=O)CNC(=O)COC(=O)c1csc(-c2cccs2)n1. The highest BCUT2D eigenvalue weighted by Crippen LogP contribution is 2.28. The van der Waals surface area contributed by atoms with Gasteiger partial charge in [0.15, 0.2) is 12.3 Å². The third-order valence-electron chi connectivity index (χ3n) is 3.77. The van der Waals surface area contributed by atoms with Crippen LogP contribution >= 0.6 is 34.3 Å². The van der Waals surface area contributed by atoms with E-state index in [1.807, 2.05) is 17.5 Å². The minimum absolute atomic E-state index is 0.139. The maximum absolute atomic E-state index is 12.0. The molecule has 0 spiro atoms. The van der Waals surface area contributed by atoms with E-state index >= 15 is 0 Å². The lowest BCUT2D eigenvalue weighted by Gasteiger charge is -2.10. The highest BCUT2D eigenvalue weighted by Gasteiger charge is 2.16. The molecule has 0 aliphatic heterocycles. The summed E-state index contributed by atoms with van der Waals surface area (Å²) in [5.74, 6) is -1.71. The molecule has 7 nitrogen and oxygen atoms in total. The van der Waals surface area contributed by atoms with Crippen molar-refractivity contribution in [2.45, 2.75) is 6.92 Å². The lowest BCUT2D eigenvalue weighted by molar-refractivity contribution is -0.126. The Morgan fingerprint density at radius 2 is 1.97 bits per heavy atom. The van der Waals surface area contributed by atoms with Crippen LogP contribution in [0.25, 0.3) is 9.88 Å². The summed E-state index contributed by atoms with van der Waals surface area (Å²) in [5, 5.41) is 9.80. The molecule has 0 fully saturated rings. The van der Waals surface area contributed by atoms with Gasteiger partial charge in [0, 0.05) is 16.1 Å². The molecule has 0 aliphatic carbocycles. The Morgan fingerprint density at radius 3 is 2.72 bits per heavy atom. The van der Waals surface area contributed by atoms with Crippen molar-refractivity contribution >= 4 is 57.7 Å². The summed E-state index contributed by atoms with van der Waals surface area (Å²) >= 11 is 8.84. The molecule has 0 radical (unpaired) electrons. The lowest BCUT2D eigenvalue weighted by atomic mass is 10.2. The number of benzene rings is 1. The van der Waals surface area contributed by atoms with Crippen LogP contribution in [0.3, 0.4) is 0 Å². The number of amides is 2. The Balaban J connectivity index is 1.43. The van der Waals surface area contributed by atoms with E-state index in [9.17, 15) is 14.4 Å². The van der Waals surface area contributed by atoms with Crippen molar-refractivity contribution in [2.75, 3.05) is 18.5 Å². The number of thiophene rings is 1. The first-order valence-corrected chi connectivity index (χ1v) is 10.6. The summed E-state index contributed by atoms with van der Waals surface area (Å²) in [6.07, 6.45) is 0. The van der Waals surface area contributed by atoms with Crippen molar-refractivity contribution < 1.29 is 19.1 Å². The number of thiazole rings is 1. The van der Waals surface area contributed by atoms with Crippen molar-refractivity contribution in [2.24, 2.45) is 0 Å².